The van der Waals surface area contributed by atoms with Gasteiger partial charge in [-0.15, -0.1) is 0 Å². The molecule has 0 spiro atoms. The van der Waals surface area contributed by atoms with Crippen molar-refractivity contribution in [3.63, 3.8) is 0 Å². The molecule has 0 fully saturated rings. The van der Waals surface area contributed by atoms with Crippen LogP contribution in [-0.2, 0) is 10.0 Å². The molecule has 1 N–H and O–H groups in total. The van der Waals surface area contributed by atoms with E-state index in [1.165, 1.54) is 0 Å². The van der Waals surface area contributed by atoms with Gasteiger partial charge in [0.1, 0.15) is 5.65 Å². The number of nitrogens with zero attached hydrogens (tertiary/aromatic N) is 2. The van der Waals surface area contributed by atoms with Crippen molar-refractivity contribution in [2.24, 2.45) is 0 Å². The molecular weight excluding hydrogens is 322 g/mol. The third-order valence-corrected chi connectivity index (χ3v) is 5.36. The molecule has 0 saturated heterocycles. The van der Waals surface area contributed by atoms with Gasteiger partial charge in [-0.05, 0) is 49.6 Å². The van der Waals surface area contributed by atoms with Crippen molar-refractivity contribution in [2.75, 3.05) is 10.5 Å². The van der Waals surface area contributed by atoms with Crippen LogP contribution in [0, 0.1) is 13.8 Å². The maximum Gasteiger partial charge on any atom is 0.232 e. The van der Waals surface area contributed by atoms with Gasteiger partial charge in [-0.2, -0.15) is 0 Å². The zero-order valence-electron chi connectivity index (χ0n) is 14.1. The van der Waals surface area contributed by atoms with E-state index < -0.39 is 10.0 Å². The molecule has 24 heavy (non-hydrogen) atoms. The van der Waals surface area contributed by atoms with Gasteiger partial charge in [0.05, 0.1) is 17.1 Å². The van der Waals surface area contributed by atoms with Crippen molar-refractivity contribution in [1.82, 2.24) is 9.38 Å². The first-order chi connectivity index (χ1) is 11.4. The molecule has 0 radical (unpaired) electrons. The van der Waals surface area contributed by atoms with Crippen LogP contribution in [0.3, 0.4) is 0 Å². The summed E-state index contributed by atoms with van der Waals surface area (Å²) in [7, 11) is -3.31. The monoisotopic (exact) mass is 343 g/mol. The molecule has 1 aromatic carbocycles. The van der Waals surface area contributed by atoms with E-state index in [1.807, 2.05) is 67.9 Å². The summed E-state index contributed by atoms with van der Waals surface area (Å²) in [5, 5.41) is 0. The SMILES string of the molecule is CCCS(=O)(=O)Nc1cc(-c2cn3ccc(C)cc3n2)ccc1C. The topological polar surface area (TPSA) is 63.5 Å². The van der Waals surface area contributed by atoms with Crippen molar-refractivity contribution < 1.29 is 8.42 Å². The lowest BCUT2D eigenvalue weighted by Gasteiger charge is -2.11. The van der Waals surface area contributed by atoms with Crippen molar-refractivity contribution >= 4 is 21.4 Å². The summed E-state index contributed by atoms with van der Waals surface area (Å²) in [6.07, 6.45) is 4.50. The standard InChI is InChI=1S/C18H21N3O2S/c1-4-9-24(22,23)20-16-11-15(6-5-14(16)3)17-12-21-8-7-13(2)10-18(21)19-17/h5-8,10-12,20H,4,9H2,1-3H3. The highest BCUT2D eigenvalue weighted by molar-refractivity contribution is 7.92. The number of nitrogens with one attached hydrogen (secondary N) is 1. The quantitative estimate of drug-likeness (QED) is 0.767. The molecule has 0 aliphatic rings. The van der Waals surface area contributed by atoms with E-state index in [2.05, 4.69) is 9.71 Å². The summed E-state index contributed by atoms with van der Waals surface area (Å²) < 4.78 is 28.7. The molecule has 126 valence electrons. The Kier molecular flexibility index (Phi) is 4.32. The molecule has 0 aliphatic carbocycles. The fourth-order valence-corrected chi connectivity index (χ4v) is 3.80. The summed E-state index contributed by atoms with van der Waals surface area (Å²) >= 11 is 0. The molecule has 3 aromatic rings. The van der Waals surface area contributed by atoms with E-state index in [-0.39, 0.29) is 5.75 Å². The highest BCUT2D eigenvalue weighted by Crippen LogP contribution is 2.26. The molecule has 0 aliphatic heterocycles. The molecule has 0 bridgehead atoms. The van der Waals surface area contributed by atoms with E-state index >= 15 is 0 Å². The number of hydrogen-bond acceptors (Lipinski definition) is 3. The van der Waals surface area contributed by atoms with Gasteiger partial charge in [-0.3, -0.25) is 4.72 Å². The second kappa shape index (κ2) is 6.28. The number of aromatic nitrogens is 2. The fourth-order valence-electron chi connectivity index (χ4n) is 2.60. The van der Waals surface area contributed by atoms with Gasteiger partial charge in [0.25, 0.3) is 0 Å². The van der Waals surface area contributed by atoms with Crippen LogP contribution in [0.2, 0.25) is 0 Å². The summed E-state index contributed by atoms with van der Waals surface area (Å²) in [6.45, 7) is 5.77. The molecule has 2 heterocycles. The van der Waals surface area contributed by atoms with Crippen LogP contribution in [0.1, 0.15) is 24.5 Å². The lowest BCUT2D eigenvalue weighted by molar-refractivity contribution is 0.600. The van der Waals surface area contributed by atoms with E-state index in [1.54, 1.807) is 0 Å². The predicted octanol–water partition coefficient (Wildman–Crippen LogP) is 3.77. The lowest BCUT2D eigenvalue weighted by atomic mass is 10.1. The van der Waals surface area contributed by atoms with Crippen LogP contribution in [0.25, 0.3) is 16.9 Å². The highest BCUT2D eigenvalue weighted by atomic mass is 32.2. The summed E-state index contributed by atoms with van der Waals surface area (Å²) in [4.78, 5) is 4.63. The van der Waals surface area contributed by atoms with Crippen LogP contribution in [0.4, 0.5) is 5.69 Å². The summed E-state index contributed by atoms with van der Waals surface area (Å²) in [5.74, 6) is 0.115. The van der Waals surface area contributed by atoms with E-state index in [4.69, 9.17) is 0 Å². The lowest BCUT2D eigenvalue weighted by Crippen LogP contribution is -2.16. The van der Waals surface area contributed by atoms with Crippen LogP contribution in [-0.4, -0.2) is 23.6 Å². The fraction of sp³-hybridized carbons (Fsp3) is 0.278. The molecule has 0 unspecified atom stereocenters. The highest BCUT2D eigenvalue weighted by Gasteiger charge is 2.12. The summed E-state index contributed by atoms with van der Waals surface area (Å²) in [5.41, 5.74) is 5.22. The average molecular weight is 343 g/mol. The number of fused-ring (bicyclic) bond motifs is 1. The molecule has 5 nitrogen and oxygen atoms in total. The second-order valence-corrected chi connectivity index (χ2v) is 7.89. The molecule has 2 aromatic heterocycles. The minimum absolute atomic E-state index is 0.115. The van der Waals surface area contributed by atoms with Gasteiger partial charge < -0.3 is 4.40 Å². The zero-order valence-corrected chi connectivity index (χ0v) is 14.9. The largest absolute Gasteiger partial charge is 0.306 e. The molecular formula is C18H21N3O2S. The smallest absolute Gasteiger partial charge is 0.232 e. The van der Waals surface area contributed by atoms with Gasteiger partial charge in [-0.25, -0.2) is 13.4 Å². The van der Waals surface area contributed by atoms with Crippen molar-refractivity contribution in [1.29, 1.82) is 0 Å². The first kappa shape index (κ1) is 16.5. The number of anilines is 1. The van der Waals surface area contributed by atoms with Gasteiger partial charge >= 0.3 is 0 Å². The third kappa shape index (κ3) is 3.43. The van der Waals surface area contributed by atoms with Gasteiger partial charge in [-0.1, -0.05) is 19.1 Å². The van der Waals surface area contributed by atoms with Crippen LogP contribution < -0.4 is 4.72 Å². The number of rotatable bonds is 5. The Balaban J connectivity index is 2.00. The van der Waals surface area contributed by atoms with Crippen molar-refractivity contribution in [2.45, 2.75) is 27.2 Å². The second-order valence-electron chi connectivity index (χ2n) is 6.05. The molecule has 6 heteroatoms. The number of benzene rings is 1. The van der Waals surface area contributed by atoms with Crippen molar-refractivity contribution in [3.05, 3.63) is 53.9 Å². The zero-order chi connectivity index (χ0) is 17.3. The molecule has 0 atom stereocenters. The number of aryl methyl sites for hydroxylation is 2. The Hall–Kier alpha value is -2.34. The first-order valence-electron chi connectivity index (χ1n) is 7.95. The van der Waals surface area contributed by atoms with E-state index in [9.17, 15) is 8.42 Å². The number of pyridine rings is 1. The minimum Gasteiger partial charge on any atom is -0.306 e. The normalized spacial score (nSPS) is 11.8. The van der Waals surface area contributed by atoms with Crippen LogP contribution >= 0.6 is 0 Å². The van der Waals surface area contributed by atoms with E-state index in [0.29, 0.717) is 12.1 Å². The van der Waals surface area contributed by atoms with Crippen LogP contribution in [0.15, 0.2) is 42.7 Å². The number of hydrogen-bond donors (Lipinski definition) is 1. The Morgan fingerprint density at radius 3 is 2.71 bits per heavy atom. The van der Waals surface area contributed by atoms with Gasteiger partial charge in [0, 0.05) is 18.0 Å². The maximum atomic E-state index is 12.0. The molecule has 3 rings (SSSR count). The summed E-state index contributed by atoms with van der Waals surface area (Å²) in [6, 6.07) is 9.76. The Morgan fingerprint density at radius 2 is 1.96 bits per heavy atom. The average Bonchev–Trinajstić information content (AvgIpc) is 2.92. The Labute approximate surface area is 142 Å². The Morgan fingerprint density at radius 1 is 1.17 bits per heavy atom. The molecule has 0 amide bonds. The predicted molar refractivity (Wildman–Crippen MR) is 97.8 cm³/mol. The van der Waals surface area contributed by atoms with Crippen molar-refractivity contribution in [3.8, 4) is 11.3 Å². The maximum absolute atomic E-state index is 12.0. The minimum atomic E-state index is -3.31. The van der Waals surface area contributed by atoms with Gasteiger partial charge in [0.2, 0.25) is 10.0 Å². The first-order valence-corrected chi connectivity index (χ1v) is 9.60. The van der Waals surface area contributed by atoms with Gasteiger partial charge in [0.15, 0.2) is 0 Å². The molecule has 0 saturated carbocycles. The number of sulfonamides is 1. The third-order valence-electron chi connectivity index (χ3n) is 3.89. The van der Waals surface area contributed by atoms with E-state index in [0.717, 1.165) is 28.0 Å². The number of imidazole rings is 1. The Bertz CT molecular complexity index is 991. The van der Waals surface area contributed by atoms with Crippen LogP contribution in [0.5, 0.6) is 0 Å².